The van der Waals surface area contributed by atoms with Gasteiger partial charge in [0.1, 0.15) is 0 Å². The van der Waals surface area contributed by atoms with Gasteiger partial charge in [-0.05, 0) is 31.0 Å². The minimum absolute atomic E-state index is 0.181. The lowest BCUT2D eigenvalue weighted by Gasteiger charge is -2.32. The minimum atomic E-state index is -0.589. The Labute approximate surface area is 102 Å². The van der Waals surface area contributed by atoms with Crippen LogP contribution in [0, 0.1) is 0 Å². The van der Waals surface area contributed by atoms with Gasteiger partial charge < -0.3 is 0 Å². The summed E-state index contributed by atoms with van der Waals surface area (Å²) >= 11 is 3.36. The highest BCUT2D eigenvalue weighted by atomic mass is 79.9. The molecule has 0 spiro atoms. The molecule has 0 radical (unpaired) electrons. The predicted octanol–water partition coefficient (Wildman–Crippen LogP) is 2.14. The maximum atomic E-state index is 11.9. The van der Waals surface area contributed by atoms with E-state index in [1.54, 1.807) is 0 Å². The molecule has 4 heteroatoms. The molecule has 1 heterocycles. The van der Waals surface area contributed by atoms with Crippen molar-refractivity contribution in [2.75, 3.05) is 0 Å². The van der Waals surface area contributed by atoms with Crippen molar-refractivity contribution in [2.24, 2.45) is 0 Å². The molecular weight excluding hydrogens is 270 g/mol. The Morgan fingerprint density at radius 2 is 1.88 bits per heavy atom. The first-order chi connectivity index (χ1) is 7.52. The van der Waals surface area contributed by atoms with Gasteiger partial charge in [0.2, 0.25) is 11.8 Å². The third-order valence-corrected chi connectivity index (χ3v) is 3.62. The molecular formula is C12H12BrNO2. The van der Waals surface area contributed by atoms with Crippen molar-refractivity contribution in [3.63, 3.8) is 0 Å². The van der Waals surface area contributed by atoms with Gasteiger partial charge in [0, 0.05) is 10.9 Å². The van der Waals surface area contributed by atoms with Crippen LogP contribution in [0.1, 0.15) is 25.3 Å². The van der Waals surface area contributed by atoms with Crippen molar-refractivity contribution in [3.05, 3.63) is 34.3 Å². The number of halogens is 1. The van der Waals surface area contributed by atoms with E-state index in [0.29, 0.717) is 12.8 Å². The molecule has 1 fully saturated rings. The van der Waals surface area contributed by atoms with Crippen LogP contribution >= 0.6 is 15.9 Å². The van der Waals surface area contributed by atoms with Gasteiger partial charge in [0.15, 0.2) is 0 Å². The third-order valence-electron chi connectivity index (χ3n) is 3.09. The van der Waals surface area contributed by atoms with E-state index in [1.807, 2.05) is 31.2 Å². The second kappa shape index (κ2) is 4.01. The second-order valence-corrected chi connectivity index (χ2v) is 5.13. The number of amides is 2. The molecule has 2 amide bonds. The van der Waals surface area contributed by atoms with Crippen LogP contribution in [-0.2, 0) is 15.0 Å². The van der Waals surface area contributed by atoms with Gasteiger partial charge in [-0.1, -0.05) is 28.1 Å². The van der Waals surface area contributed by atoms with Crippen LogP contribution in [0.25, 0.3) is 0 Å². The average molecular weight is 282 g/mol. The smallest absolute Gasteiger partial charge is 0.236 e. The molecule has 16 heavy (non-hydrogen) atoms. The van der Waals surface area contributed by atoms with Crippen LogP contribution in [0.3, 0.4) is 0 Å². The SMILES string of the molecule is C[C@]1(c2ccc(Br)cc2)CCC(=O)NC1=O. The van der Waals surface area contributed by atoms with Crippen LogP contribution < -0.4 is 5.32 Å². The lowest BCUT2D eigenvalue weighted by atomic mass is 9.76. The van der Waals surface area contributed by atoms with Gasteiger partial charge in [-0.3, -0.25) is 14.9 Å². The van der Waals surface area contributed by atoms with E-state index >= 15 is 0 Å². The molecule has 1 N–H and O–H groups in total. The van der Waals surface area contributed by atoms with E-state index in [0.717, 1.165) is 10.0 Å². The standard InChI is InChI=1S/C12H12BrNO2/c1-12(7-6-10(15)14-11(12)16)8-2-4-9(13)5-3-8/h2-5H,6-7H2,1H3,(H,14,15,16)/t12-/m1/s1. The first-order valence-electron chi connectivity index (χ1n) is 5.13. The zero-order chi connectivity index (χ0) is 11.8. The molecule has 1 aliphatic heterocycles. The summed E-state index contributed by atoms with van der Waals surface area (Å²) in [5, 5.41) is 2.39. The van der Waals surface area contributed by atoms with E-state index in [1.165, 1.54) is 0 Å². The summed E-state index contributed by atoms with van der Waals surface area (Å²) in [4.78, 5) is 23.0. The van der Waals surface area contributed by atoms with Gasteiger partial charge in [0.05, 0.1) is 5.41 Å². The Bertz CT molecular complexity index is 441. The monoisotopic (exact) mass is 281 g/mol. The highest BCUT2D eigenvalue weighted by molar-refractivity contribution is 9.10. The largest absolute Gasteiger partial charge is 0.296 e. The zero-order valence-electron chi connectivity index (χ0n) is 8.92. The molecule has 1 aromatic rings. The first-order valence-corrected chi connectivity index (χ1v) is 5.92. The molecule has 0 bridgehead atoms. The van der Waals surface area contributed by atoms with Crippen LogP contribution in [0.4, 0.5) is 0 Å². The summed E-state index contributed by atoms with van der Waals surface area (Å²) in [6.07, 6.45) is 0.970. The minimum Gasteiger partial charge on any atom is -0.296 e. The molecule has 0 saturated carbocycles. The Morgan fingerprint density at radius 3 is 2.44 bits per heavy atom. The molecule has 0 aliphatic carbocycles. The molecule has 0 aromatic heterocycles. The Hall–Kier alpha value is -1.16. The van der Waals surface area contributed by atoms with Gasteiger partial charge in [0.25, 0.3) is 0 Å². The zero-order valence-corrected chi connectivity index (χ0v) is 10.5. The number of imide groups is 1. The normalized spacial score (nSPS) is 25.4. The maximum absolute atomic E-state index is 11.9. The number of piperidine rings is 1. The maximum Gasteiger partial charge on any atom is 0.236 e. The predicted molar refractivity (Wildman–Crippen MR) is 63.9 cm³/mol. The van der Waals surface area contributed by atoms with E-state index in [9.17, 15) is 9.59 Å². The van der Waals surface area contributed by atoms with Gasteiger partial charge in [-0.25, -0.2) is 0 Å². The lowest BCUT2D eigenvalue weighted by molar-refractivity contribution is -0.137. The van der Waals surface area contributed by atoms with Crippen molar-refractivity contribution in [1.29, 1.82) is 0 Å². The highest BCUT2D eigenvalue weighted by Gasteiger charge is 2.39. The fourth-order valence-electron chi connectivity index (χ4n) is 1.90. The van der Waals surface area contributed by atoms with E-state index in [2.05, 4.69) is 21.2 Å². The van der Waals surface area contributed by atoms with Crippen LogP contribution in [-0.4, -0.2) is 11.8 Å². The number of hydrogen-bond donors (Lipinski definition) is 1. The summed E-state index contributed by atoms with van der Waals surface area (Å²) in [6.45, 7) is 1.87. The summed E-state index contributed by atoms with van der Waals surface area (Å²) < 4.78 is 0.979. The number of rotatable bonds is 1. The fourth-order valence-corrected chi connectivity index (χ4v) is 2.16. The Kier molecular flexibility index (Phi) is 2.84. The first kappa shape index (κ1) is 11.3. The van der Waals surface area contributed by atoms with Crippen molar-refractivity contribution >= 4 is 27.7 Å². The number of carbonyl (C=O) groups is 2. The topological polar surface area (TPSA) is 46.2 Å². The van der Waals surface area contributed by atoms with Crippen molar-refractivity contribution < 1.29 is 9.59 Å². The van der Waals surface area contributed by atoms with Crippen LogP contribution in [0.15, 0.2) is 28.7 Å². The molecule has 1 aliphatic rings. The summed E-state index contributed by atoms with van der Waals surface area (Å²) in [5.41, 5.74) is 0.356. The van der Waals surface area contributed by atoms with Crippen LogP contribution in [0.5, 0.6) is 0 Å². The van der Waals surface area contributed by atoms with E-state index in [-0.39, 0.29) is 11.8 Å². The summed E-state index contributed by atoms with van der Waals surface area (Å²) in [5.74, 6) is -0.384. The van der Waals surface area contributed by atoms with Gasteiger partial charge >= 0.3 is 0 Å². The molecule has 84 valence electrons. The Morgan fingerprint density at radius 1 is 1.25 bits per heavy atom. The van der Waals surface area contributed by atoms with Crippen molar-refractivity contribution in [1.82, 2.24) is 5.32 Å². The van der Waals surface area contributed by atoms with Crippen molar-refractivity contribution in [2.45, 2.75) is 25.2 Å². The quantitative estimate of drug-likeness (QED) is 0.802. The molecule has 1 saturated heterocycles. The molecule has 1 atom stereocenters. The van der Waals surface area contributed by atoms with Crippen LogP contribution in [0.2, 0.25) is 0 Å². The van der Waals surface area contributed by atoms with Crippen molar-refractivity contribution in [3.8, 4) is 0 Å². The van der Waals surface area contributed by atoms with E-state index in [4.69, 9.17) is 0 Å². The highest BCUT2D eigenvalue weighted by Crippen LogP contribution is 2.32. The Balaban J connectivity index is 2.34. The third kappa shape index (κ3) is 1.89. The molecule has 3 nitrogen and oxygen atoms in total. The number of nitrogens with one attached hydrogen (secondary N) is 1. The number of carbonyl (C=O) groups excluding carboxylic acids is 2. The second-order valence-electron chi connectivity index (χ2n) is 4.22. The van der Waals surface area contributed by atoms with E-state index < -0.39 is 5.41 Å². The molecule has 2 rings (SSSR count). The lowest BCUT2D eigenvalue weighted by Crippen LogP contribution is -2.49. The average Bonchev–Trinajstić information content (AvgIpc) is 2.25. The molecule has 1 aromatic carbocycles. The number of benzene rings is 1. The summed E-state index contributed by atoms with van der Waals surface area (Å²) in [6, 6.07) is 7.65. The molecule has 0 unspecified atom stereocenters. The summed E-state index contributed by atoms with van der Waals surface area (Å²) in [7, 11) is 0. The fraction of sp³-hybridized carbons (Fsp3) is 0.333. The number of hydrogen-bond acceptors (Lipinski definition) is 2. The van der Waals surface area contributed by atoms with Gasteiger partial charge in [-0.2, -0.15) is 0 Å². The van der Waals surface area contributed by atoms with Gasteiger partial charge in [-0.15, -0.1) is 0 Å².